The van der Waals surface area contributed by atoms with Crippen LogP contribution in [0.1, 0.15) is 27.7 Å². The smallest absolute Gasteiger partial charge is 0.0730 e. The van der Waals surface area contributed by atoms with E-state index in [9.17, 15) is 0 Å². The Morgan fingerprint density at radius 2 is 1.58 bits per heavy atom. The Bertz CT molecular complexity index is 152. The molecule has 0 saturated heterocycles. The van der Waals surface area contributed by atoms with Crippen molar-refractivity contribution in [1.29, 1.82) is 0 Å². The fourth-order valence-corrected chi connectivity index (χ4v) is 4.06. The normalized spacial score (nSPS) is 10.9. The van der Waals surface area contributed by atoms with Gasteiger partial charge in [-0.2, -0.15) is 0 Å². The van der Waals surface area contributed by atoms with Crippen LogP contribution in [0.5, 0.6) is 0 Å². The lowest BCUT2D eigenvalue weighted by molar-refractivity contribution is 0.689. The van der Waals surface area contributed by atoms with Gasteiger partial charge < -0.3 is 4.10 Å². The van der Waals surface area contributed by atoms with Gasteiger partial charge >= 0.3 is 0 Å². The standard InChI is InChI=1S/2C4H9.Al.N3/c2*1-4(2)3;;1-3-2/h2*4H,1H2,2-3H3;;/q;;;-1. The van der Waals surface area contributed by atoms with Crippen molar-refractivity contribution < 1.29 is 0 Å². The first-order valence-corrected chi connectivity index (χ1v) is 6.75. The minimum atomic E-state index is -1.14. The van der Waals surface area contributed by atoms with Crippen molar-refractivity contribution in [1.82, 2.24) is 0 Å². The molecule has 0 aliphatic heterocycles. The van der Waals surface area contributed by atoms with Gasteiger partial charge in [0.25, 0.3) is 0 Å². The molecule has 0 amide bonds. The van der Waals surface area contributed by atoms with Crippen LogP contribution < -0.4 is 0 Å². The molecule has 12 heavy (non-hydrogen) atoms. The van der Waals surface area contributed by atoms with E-state index in [0.29, 0.717) is 11.8 Å². The zero-order chi connectivity index (χ0) is 9.56. The number of hydrogen-bond acceptors (Lipinski definition) is 1. The zero-order valence-electron chi connectivity index (χ0n) is 8.49. The summed E-state index contributed by atoms with van der Waals surface area (Å²) in [6.07, 6.45) is 0. The molecule has 0 N–H and O–H groups in total. The number of nitrogens with zero attached hydrogens (tertiary/aromatic N) is 3. The molecule has 0 aliphatic rings. The van der Waals surface area contributed by atoms with Gasteiger partial charge in [-0.25, -0.2) is 10.6 Å². The molecule has 4 heteroatoms. The Labute approximate surface area is 79.4 Å². The molecule has 0 heterocycles. The summed E-state index contributed by atoms with van der Waals surface area (Å²) in [5.41, 5.74) is 8.36. The van der Waals surface area contributed by atoms with Crippen LogP contribution in [0.4, 0.5) is 0 Å². The lowest BCUT2D eigenvalue weighted by Gasteiger charge is -2.23. The van der Waals surface area contributed by atoms with Crippen LogP contribution in [-0.2, 0) is 0 Å². The summed E-state index contributed by atoms with van der Waals surface area (Å²) in [7, 11) is 0. The molecule has 0 aromatic rings. The average Bonchev–Trinajstić information content (AvgIpc) is 1.84. The minimum Gasteiger partial charge on any atom is -0.381 e. The van der Waals surface area contributed by atoms with Crippen molar-refractivity contribution >= 4 is 14.4 Å². The van der Waals surface area contributed by atoms with Crippen molar-refractivity contribution in [3.05, 3.63) is 10.4 Å². The van der Waals surface area contributed by atoms with Crippen LogP contribution in [0, 0.1) is 11.8 Å². The van der Waals surface area contributed by atoms with E-state index in [1.807, 2.05) is 0 Å². The molecule has 0 spiro atoms. The summed E-state index contributed by atoms with van der Waals surface area (Å²) >= 11 is -1.14. The lowest BCUT2D eigenvalue weighted by Crippen LogP contribution is -2.14. The summed E-state index contributed by atoms with van der Waals surface area (Å²) in [5.74, 6) is 1.34. The van der Waals surface area contributed by atoms with E-state index >= 15 is 0 Å². The van der Waals surface area contributed by atoms with Crippen LogP contribution in [0.3, 0.4) is 0 Å². The van der Waals surface area contributed by atoms with E-state index in [1.165, 1.54) is 0 Å². The third kappa shape index (κ3) is 6.55. The SMILES string of the molecule is CC(C)[CH2][Al-]([CH2]C(C)C)[N]=[N+]=[N-]. The highest BCUT2D eigenvalue weighted by atomic mass is 27.2. The summed E-state index contributed by atoms with van der Waals surface area (Å²) in [6.45, 7) is 8.75. The highest BCUT2D eigenvalue weighted by Crippen LogP contribution is 2.15. The van der Waals surface area contributed by atoms with Gasteiger partial charge in [0.05, 0.1) is 14.4 Å². The van der Waals surface area contributed by atoms with Crippen molar-refractivity contribution in [3.63, 3.8) is 0 Å². The van der Waals surface area contributed by atoms with E-state index in [2.05, 4.69) is 36.7 Å². The maximum absolute atomic E-state index is 8.36. The van der Waals surface area contributed by atoms with Gasteiger partial charge in [0.2, 0.25) is 0 Å². The number of azide groups is 1. The molecule has 0 aromatic carbocycles. The maximum Gasteiger partial charge on any atom is 0.0730 e. The number of hydrogen-bond donors (Lipinski definition) is 0. The third-order valence-electron chi connectivity index (χ3n) is 1.70. The monoisotopic (exact) mass is 183 g/mol. The van der Waals surface area contributed by atoms with Crippen molar-refractivity contribution in [2.75, 3.05) is 0 Å². The molecule has 0 atom stereocenters. The molecule has 1 radical (unpaired) electrons. The summed E-state index contributed by atoms with van der Waals surface area (Å²) in [4.78, 5) is 2.93. The minimum absolute atomic E-state index is 0.672. The van der Waals surface area contributed by atoms with E-state index < -0.39 is 14.4 Å². The number of rotatable bonds is 5. The van der Waals surface area contributed by atoms with Gasteiger partial charge in [-0.3, -0.25) is 0 Å². The Morgan fingerprint density at radius 3 is 1.83 bits per heavy atom. The molecule has 0 saturated carbocycles. The second-order valence-corrected chi connectivity index (χ2v) is 6.60. The molecule has 0 rings (SSSR count). The molecule has 69 valence electrons. The quantitative estimate of drug-likeness (QED) is 0.270. The summed E-state index contributed by atoms with van der Waals surface area (Å²) in [5, 5.41) is 2.28. The van der Waals surface area contributed by atoms with Gasteiger partial charge in [0, 0.05) is 0 Å². The predicted molar refractivity (Wildman–Crippen MR) is 54.2 cm³/mol. The highest BCUT2D eigenvalue weighted by Gasteiger charge is 2.02. The second-order valence-electron chi connectivity index (χ2n) is 4.12. The van der Waals surface area contributed by atoms with Crippen LogP contribution in [0.2, 0.25) is 10.6 Å². The van der Waals surface area contributed by atoms with Crippen LogP contribution >= 0.6 is 0 Å². The molecule has 0 aromatic heterocycles. The molecule has 0 fully saturated rings. The summed E-state index contributed by atoms with van der Waals surface area (Å²) in [6, 6.07) is 0. The summed E-state index contributed by atoms with van der Waals surface area (Å²) < 4.78 is 3.92. The first kappa shape index (κ1) is 11.8. The first-order chi connectivity index (χ1) is 5.56. The molecule has 0 aliphatic carbocycles. The van der Waals surface area contributed by atoms with E-state index in [4.69, 9.17) is 5.53 Å². The third-order valence-corrected chi connectivity index (χ3v) is 5.11. The van der Waals surface area contributed by atoms with Crippen LogP contribution in [-0.4, -0.2) is 14.4 Å². The van der Waals surface area contributed by atoms with Gasteiger partial charge in [-0.1, -0.05) is 44.4 Å². The lowest BCUT2D eigenvalue weighted by atomic mass is 10.3. The molecule has 0 unspecified atom stereocenters. The van der Waals surface area contributed by atoms with E-state index in [0.717, 1.165) is 10.6 Å². The van der Waals surface area contributed by atoms with Gasteiger partial charge in [-0.15, -0.1) is 0 Å². The first-order valence-electron chi connectivity index (χ1n) is 4.60. The zero-order valence-corrected chi connectivity index (χ0v) is 9.64. The Morgan fingerprint density at radius 1 is 1.17 bits per heavy atom. The fourth-order valence-electron chi connectivity index (χ4n) is 1.35. The second kappa shape index (κ2) is 6.37. The van der Waals surface area contributed by atoms with Gasteiger partial charge in [0.15, 0.2) is 0 Å². The molecule has 3 nitrogen and oxygen atoms in total. The van der Waals surface area contributed by atoms with E-state index in [-0.39, 0.29) is 0 Å². The highest BCUT2D eigenvalue weighted by molar-refractivity contribution is 6.56. The van der Waals surface area contributed by atoms with Crippen LogP contribution in [0.15, 0.2) is 4.10 Å². The fraction of sp³-hybridized carbons (Fsp3) is 1.00. The largest absolute Gasteiger partial charge is 0.381 e. The van der Waals surface area contributed by atoms with Crippen molar-refractivity contribution in [2.45, 2.75) is 38.3 Å². The Hall–Kier alpha value is -0.158. The van der Waals surface area contributed by atoms with Crippen molar-refractivity contribution in [3.8, 4) is 0 Å². The Balaban J connectivity index is 3.95. The van der Waals surface area contributed by atoms with Crippen LogP contribution in [0.25, 0.3) is 10.4 Å². The topological polar surface area (TPSA) is 48.8 Å². The molecular weight excluding hydrogens is 165 g/mol. The van der Waals surface area contributed by atoms with Crippen molar-refractivity contribution in [2.24, 2.45) is 15.9 Å². The molecule has 0 bridgehead atoms. The maximum atomic E-state index is 8.36. The predicted octanol–water partition coefficient (Wildman–Crippen LogP) is 3.60. The average molecular weight is 183 g/mol. The Kier molecular flexibility index (Phi) is 6.28. The van der Waals surface area contributed by atoms with Gasteiger partial charge in [-0.05, 0) is 5.53 Å². The molecular formula is C8H18AlN3-. The van der Waals surface area contributed by atoms with E-state index in [1.54, 1.807) is 0 Å². The van der Waals surface area contributed by atoms with Gasteiger partial charge in [0.1, 0.15) is 0 Å².